The number of methoxy groups -OCH3 is 1. The molecule has 0 radical (unpaired) electrons. The van der Waals surface area contributed by atoms with Crippen LogP contribution in [0, 0.1) is 13.8 Å². The summed E-state index contributed by atoms with van der Waals surface area (Å²) in [5.74, 6) is 0.861. The molecule has 0 spiro atoms. The number of hydrogen-bond acceptors (Lipinski definition) is 2. The largest absolute Gasteiger partial charge is 0.497 e. The van der Waals surface area contributed by atoms with Crippen molar-refractivity contribution in [3.05, 3.63) is 59.2 Å². The number of anilines is 1. The van der Waals surface area contributed by atoms with Gasteiger partial charge in [0.1, 0.15) is 5.75 Å². The van der Waals surface area contributed by atoms with E-state index in [2.05, 4.69) is 61.7 Å². The maximum absolute atomic E-state index is 5.47. The summed E-state index contributed by atoms with van der Waals surface area (Å²) in [6.07, 6.45) is 0.945. The van der Waals surface area contributed by atoms with Crippen LogP contribution in [0.1, 0.15) is 36.1 Å². The first-order valence-electron chi connectivity index (χ1n) is 7.81. The number of thiocarbonyl (C=S) groups is 1. The van der Waals surface area contributed by atoms with Crippen molar-refractivity contribution in [2.45, 2.75) is 33.2 Å². The van der Waals surface area contributed by atoms with Gasteiger partial charge in [-0.15, -0.1) is 0 Å². The average molecular weight is 328 g/mol. The fraction of sp³-hybridized carbons (Fsp3) is 0.316. The fourth-order valence-electron chi connectivity index (χ4n) is 2.63. The molecule has 0 aliphatic rings. The lowest BCUT2D eigenvalue weighted by atomic mass is 10.0. The van der Waals surface area contributed by atoms with Crippen LogP contribution in [-0.2, 0) is 0 Å². The van der Waals surface area contributed by atoms with E-state index in [4.69, 9.17) is 17.0 Å². The molecule has 122 valence electrons. The van der Waals surface area contributed by atoms with Crippen molar-refractivity contribution < 1.29 is 4.74 Å². The molecule has 0 fully saturated rings. The van der Waals surface area contributed by atoms with Gasteiger partial charge in [0.2, 0.25) is 0 Å². The minimum atomic E-state index is 0.173. The van der Waals surface area contributed by atoms with E-state index in [1.165, 1.54) is 16.7 Å². The Morgan fingerprint density at radius 1 is 1.09 bits per heavy atom. The van der Waals surface area contributed by atoms with E-state index in [-0.39, 0.29) is 6.04 Å². The molecule has 0 heterocycles. The van der Waals surface area contributed by atoms with Crippen LogP contribution in [0.2, 0.25) is 0 Å². The Balaban J connectivity index is 2.03. The molecule has 2 rings (SSSR count). The highest BCUT2D eigenvalue weighted by Gasteiger charge is 2.11. The maximum atomic E-state index is 5.47. The third-order valence-electron chi connectivity index (χ3n) is 3.71. The number of aryl methyl sites for hydroxylation is 2. The molecule has 23 heavy (non-hydrogen) atoms. The number of hydrogen-bond donors (Lipinski definition) is 2. The minimum Gasteiger partial charge on any atom is -0.497 e. The van der Waals surface area contributed by atoms with Gasteiger partial charge in [-0.1, -0.05) is 25.1 Å². The normalized spacial score (nSPS) is 11.7. The summed E-state index contributed by atoms with van der Waals surface area (Å²) >= 11 is 5.47. The molecular weight excluding hydrogens is 304 g/mol. The number of ether oxygens (including phenoxy) is 1. The zero-order valence-electron chi connectivity index (χ0n) is 14.1. The van der Waals surface area contributed by atoms with Gasteiger partial charge in [0.25, 0.3) is 0 Å². The Morgan fingerprint density at radius 3 is 2.22 bits per heavy atom. The number of rotatable bonds is 5. The molecular formula is C19H24N2OS. The molecule has 0 aliphatic heterocycles. The molecule has 0 aliphatic carbocycles. The first-order valence-corrected chi connectivity index (χ1v) is 8.22. The highest BCUT2D eigenvalue weighted by molar-refractivity contribution is 7.80. The van der Waals surface area contributed by atoms with Gasteiger partial charge in [-0.2, -0.15) is 0 Å². The van der Waals surface area contributed by atoms with Gasteiger partial charge >= 0.3 is 0 Å². The van der Waals surface area contributed by atoms with Crippen LogP contribution in [0.5, 0.6) is 5.75 Å². The van der Waals surface area contributed by atoms with Crippen LogP contribution in [0.4, 0.5) is 5.69 Å². The van der Waals surface area contributed by atoms with Crippen LogP contribution in [0.25, 0.3) is 0 Å². The fourth-order valence-corrected chi connectivity index (χ4v) is 2.89. The van der Waals surface area contributed by atoms with Gasteiger partial charge in [-0.25, -0.2) is 0 Å². The van der Waals surface area contributed by atoms with Crippen molar-refractivity contribution in [3.8, 4) is 5.75 Å². The molecule has 0 aromatic heterocycles. The molecule has 2 aromatic carbocycles. The van der Waals surface area contributed by atoms with E-state index in [9.17, 15) is 0 Å². The summed E-state index contributed by atoms with van der Waals surface area (Å²) in [6, 6.07) is 14.6. The van der Waals surface area contributed by atoms with Crippen molar-refractivity contribution in [3.63, 3.8) is 0 Å². The second-order valence-electron chi connectivity index (χ2n) is 5.71. The predicted octanol–water partition coefficient (Wildman–Crippen LogP) is 4.75. The minimum absolute atomic E-state index is 0.173. The SMILES string of the molecule is CC[C@@H](NC(=S)Nc1cc(C)cc(C)c1)c1ccc(OC)cc1. The Morgan fingerprint density at radius 2 is 1.70 bits per heavy atom. The van der Waals surface area contributed by atoms with Crippen LogP contribution in [-0.4, -0.2) is 12.2 Å². The smallest absolute Gasteiger partial charge is 0.171 e. The van der Waals surface area contributed by atoms with E-state index in [1.54, 1.807) is 7.11 Å². The van der Waals surface area contributed by atoms with Crippen molar-refractivity contribution in [1.82, 2.24) is 5.32 Å². The highest BCUT2D eigenvalue weighted by atomic mass is 32.1. The predicted molar refractivity (Wildman–Crippen MR) is 101 cm³/mol. The van der Waals surface area contributed by atoms with Gasteiger partial charge in [0.15, 0.2) is 5.11 Å². The van der Waals surface area contributed by atoms with E-state index in [0.717, 1.165) is 17.9 Å². The molecule has 0 saturated heterocycles. The monoisotopic (exact) mass is 328 g/mol. The Bertz CT molecular complexity index is 647. The summed E-state index contributed by atoms with van der Waals surface area (Å²) < 4.78 is 5.21. The molecule has 0 amide bonds. The third kappa shape index (κ3) is 4.96. The number of nitrogens with one attached hydrogen (secondary N) is 2. The van der Waals surface area contributed by atoms with E-state index < -0.39 is 0 Å². The molecule has 1 atom stereocenters. The summed E-state index contributed by atoms with van der Waals surface area (Å²) in [7, 11) is 1.67. The maximum Gasteiger partial charge on any atom is 0.171 e. The highest BCUT2D eigenvalue weighted by Crippen LogP contribution is 2.20. The third-order valence-corrected chi connectivity index (χ3v) is 3.93. The van der Waals surface area contributed by atoms with Gasteiger partial charge in [-0.3, -0.25) is 0 Å². The van der Waals surface area contributed by atoms with E-state index >= 15 is 0 Å². The summed E-state index contributed by atoms with van der Waals surface area (Å²) in [5, 5.41) is 7.30. The van der Waals surface area contributed by atoms with Crippen molar-refractivity contribution in [1.29, 1.82) is 0 Å². The van der Waals surface area contributed by atoms with E-state index in [0.29, 0.717) is 5.11 Å². The summed E-state index contributed by atoms with van der Waals surface area (Å²) in [5.41, 5.74) is 4.65. The van der Waals surface area contributed by atoms with Gasteiger partial charge in [-0.05, 0) is 73.4 Å². The summed E-state index contributed by atoms with van der Waals surface area (Å²) in [4.78, 5) is 0. The molecule has 0 bridgehead atoms. The van der Waals surface area contributed by atoms with Crippen molar-refractivity contribution in [2.24, 2.45) is 0 Å². The Hall–Kier alpha value is -2.07. The topological polar surface area (TPSA) is 33.3 Å². The van der Waals surface area contributed by atoms with Crippen molar-refractivity contribution in [2.75, 3.05) is 12.4 Å². The zero-order chi connectivity index (χ0) is 16.8. The standard InChI is InChI=1S/C19H24N2OS/c1-5-18(15-6-8-17(22-4)9-7-15)21-19(23)20-16-11-13(2)10-14(3)12-16/h6-12,18H,5H2,1-4H3,(H2,20,21,23)/t18-/m1/s1. The first-order chi connectivity index (χ1) is 11.0. The van der Waals surface area contributed by atoms with Gasteiger partial charge in [0.05, 0.1) is 13.2 Å². The molecule has 2 N–H and O–H groups in total. The molecule has 3 nitrogen and oxygen atoms in total. The van der Waals surface area contributed by atoms with Crippen LogP contribution in [0.3, 0.4) is 0 Å². The lowest BCUT2D eigenvalue weighted by molar-refractivity contribution is 0.414. The second kappa shape index (κ2) is 7.97. The first kappa shape index (κ1) is 17.3. The van der Waals surface area contributed by atoms with Crippen LogP contribution < -0.4 is 15.4 Å². The summed E-state index contributed by atoms with van der Waals surface area (Å²) in [6.45, 7) is 6.31. The Labute approximate surface area is 144 Å². The van der Waals surface area contributed by atoms with Gasteiger partial charge < -0.3 is 15.4 Å². The van der Waals surface area contributed by atoms with Gasteiger partial charge in [0, 0.05) is 5.69 Å². The molecule has 0 unspecified atom stereocenters. The van der Waals surface area contributed by atoms with E-state index in [1.807, 2.05) is 12.1 Å². The van der Waals surface area contributed by atoms with Crippen LogP contribution in [0.15, 0.2) is 42.5 Å². The van der Waals surface area contributed by atoms with Crippen molar-refractivity contribution >= 4 is 23.0 Å². The number of benzene rings is 2. The molecule has 2 aromatic rings. The zero-order valence-corrected chi connectivity index (χ0v) is 15.0. The molecule has 4 heteroatoms. The lowest BCUT2D eigenvalue weighted by Crippen LogP contribution is -2.32. The average Bonchev–Trinajstić information content (AvgIpc) is 2.51. The Kier molecular flexibility index (Phi) is 5.99. The molecule has 0 saturated carbocycles. The van der Waals surface area contributed by atoms with Crippen LogP contribution >= 0.6 is 12.2 Å². The lowest BCUT2D eigenvalue weighted by Gasteiger charge is -2.20. The quantitative estimate of drug-likeness (QED) is 0.776. The second-order valence-corrected chi connectivity index (χ2v) is 6.12.